The summed E-state index contributed by atoms with van der Waals surface area (Å²) in [5.41, 5.74) is 1.52. The molecule has 24 heavy (non-hydrogen) atoms. The smallest absolute Gasteiger partial charge is 0.336 e. The van der Waals surface area contributed by atoms with Crippen LogP contribution >= 0.6 is 15.9 Å². The van der Waals surface area contributed by atoms with Gasteiger partial charge in [-0.25, -0.2) is 4.79 Å². The number of hydrogen-bond donors (Lipinski definition) is 0. The zero-order valence-electron chi connectivity index (χ0n) is 13.0. The van der Waals surface area contributed by atoms with Crippen LogP contribution in [0.3, 0.4) is 0 Å². The molecule has 5 heteroatoms. The van der Waals surface area contributed by atoms with Gasteiger partial charge in [-0.1, -0.05) is 22.9 Å². The minimum Gasteiger partial charge on any atom is -0.489 e. The summed E-state index contributed by atoms with van der Waals surface area (Å²) in [7, 11) is 0. The van der Waals surface area contributed by atoms with Crippen molar-refractivity contribution in [3.8, 4) is 5.75 Å². The summed E-state index contributed by atoms with van der Waals surface area (Å²) in [5, 5.41) is 0.829. The summed E-state index contributed by atoms with van der Waals surface area (Å²) in [5.74, 6) is 0.736. The number of fused-ring (bicyclic) bond motifs is 1. The molecule has 1 heterocycles. The number of halogens is 1. The van der Waals surface area contributed by atoms with Crippen LogP contribution in [0.4, 0.5) is 0 Å². The Morgan fingerprint density at radius 3 is 2.58 bits per heavy atom. The van der Waals surface area contributed by atoms with E-state index in [1.54, 1.807) is 30.3 Å². The lowest BCUT2D eigenvalue weighted by atomic mass is 10.1. The molecular weight excluding hydrogens is 372 g/mol. The maximum atomic E-state index is 11.7. The Hall–Kier alpha value is -2.40. The van der Waals surface area contributed by atoms with E-state index in [4.69, 9.17) is 9.15 Å². The second-order valence-corrected chi connectivity index (χ2v) is 6.24. The quantitative estimate of drug-likeness (QED) is 0.469. The molecule has 0 fully saturated rings. The predicted molar refractivity (Wildman–Crippen MR) is 95.6 cm³/mol. The molecule has 4 nitrogen and oxygen atoms in total. The van der Waals surface area contributed by atoms with Crippen molar-refractivity contribution in [1.29, 1.82) is 0 Å². The van der Waals surface area contributed by atoms with Crippen molar-refractivity contribution in [2.75, 3.05) is 0 Å². The van der Waals surface area contributed by atoms with Crippen LogP contribution in [0.25, 0.3) is 11.0 Å². The molecule has 0 bridgehead atoms. The Balaban J connectivity index is 1.83. The van der Waals surface area contributed by atoms with E-state index < -0.39 is 5.63 Å². The molecule has 122 valence electrons. The number of carbonyl (C=O) groups excluding carboxylic acids is 1. The van der Waals surface area contributed by atoms with Crippen LogP contribution in [0.5, 0.6) is 5.75 Å². The van der Waals surface area contributed by atoms with E-state index in [9.17, 15) is 9.59 Å². The molecule has 3 rings (SSSR count). The van der Waals surface area contributed by atoms with E-state index >= 15 is 0 Å². The van der Waals surface area contributed by atoms with Crippen LogP contribution in [0, 0.1) is 0 Å². The monoisotopic (exact) mass is 386 g/mol. The molecule has 0 saturated carbocycles. The molecule has 3 aromatic rings. The van der Waals surface area contributed by atoms with Gasteiger partial charge in [0, 0.05) is 33.5 Å². The third kappa shape index (κ3) is 3.57. The first kappa shape index (κ1) is 16.5. The fraction of sp³-hybridized carbons (Fsp3) is 0.158. The Bertz CT molecular complexity index is 942. The molecule has 0 saturated heterocycles. The summed E-state index contributed by atoms with van der Waals surface area (Å²) in [6.07, 6.45) is 0.474. The number of benzene rings is 2. The topological polar surface area (TPSA) is 56.5 Å². The van der Waals surface area contributed by atoms with Crippen LogP contribution in [0.2, 0.25) is 0 Å². The van der Waals surface area contributed by atoms with Gasteiger partial charge in [0.2, 0.25) is 0 Å². The molecule has 0 N–H and O–H groups in total. The molecular formula is C19H15BrO4. The molecule has 2 aromatic carbocycles. The number of hydrogen-bond acceptors (Lipinski definition) is 4. The number of carbonyl (C=O) groups is 1. The molecule has 0 aliphatic carbocycles. The summed E-state index contributed by atoms with van der Waals surface area (Å²) in [6, 6.07) is 14.0. The molecule has 1 aromatic heterocycles. The summed E-state index contributed by atoms with van der Waals surface area (Å²) in [6.45, 7) is 2.07. The van der Waals surface area contributed by atoms with Gasteiger partial charge in [-0.3, -0.25) is 4.79 Å². The fourth-order valence-corrected chi connectivity index (χ4v) is 2.77. The van der Waals surface area contributed by atoms with Gasteiger partial charge in [0.1, 0.15) is 17.9 Å². The molecule has 0 radical (unpaired) electrons. The SMILES string of the molecule is CCC(=O)c1ccc(OCc2cc(=O)oc3cc(Br)ccc23)cc1. The van der Waals surface area contributed by atoms with Crippen molar-refractivity contribution in [3.63, 3.8) is 0 Å². The number of rotatable bonds is 5. The summed E-state index contributed by atoms with van der Waals surface area (Å²) >= 11 is 3.36. The van der Waals surface area contributed by atoms with Gasteiger partial charge in [0.15, 0.2) is 5.78 Å². The molecule has 0 aliphatic heterocycles. The zero-order chi connectivity index (χ0) is 17.1. The first-order valence-electron chi connectivity index (χ1n) is 7.55. The van der Waals surface area contributed by atoms with Crippen molar-refractivity contribution in [2.45, 2.75) is 20.0 Å². The third-order valence-electron chi connectivity index (χ3n) is 3.68. The van der Waals surface area contributed by atoms with E-state index in [1.165, 1.54) is 6.07 Å². The largest absolute Gasteiger partial charge is 0.489 e. The van der Waals surface area contributed by atoms with Crippen molar-refractivity contribution in [1.82, 2.24) is 0 Å². The van der Waals surface area contributed by atoms with Crippen LogP contribution in [-0.2, 0) is 6.61 Å². The van der Waals surface area contributed by atoms with Gasteiger partial charge in [-0.05, 0) is 42.5 Å². The minimum atomic E-state index is -0.414. The fourth-order valence-electron chi connectivity index (χ4n) is 2.43. The minimum absolute atomic E-state index is 0.0961. The van der Waals surface area contributed by atoms with Crippen molar-refractivity contribution >= 4 is 32.7 Å². The van der Waals surface area contributed by atoms with E-state index in [0.29, 0.717) is 23.3 Å². The number of ether oxygens (including phenoxy) is 1. The summed E-state index contributed by atoms with van der Waals surface area (Å²) < 4.78 is 11.8. The Kier molecular flexibility index (Phi) is 4.81. The lowest BCUT2D eigenvalue weighted by molar-refractivity contribution is 0.0988. The summed E-state index contributed by atoms with van der Waals surface area (Å²) in [4.78, 5) is 23.3. The predicted octanol–water partition coefficient (Wildman–Crippen LogP) is 4.73. The van der Waals surface area contributed by atoms with Crippen LogP contribution in [0.15, 0.2) is 62.2 Å². The Labute approximate surface area is 147 Å². The highest BCUT2D eigenvalue weighted by Gasteiger charge is 2.08. The molecule has 0 spiro atoms. The lowest BCUT2D eigenvalue weighted by Crippen LogP contribution is -2.04. The normalized spacial score (nSPS) is 10.8. The molecule has 0 unspecified atom stereocenters. The third-order valence-corrected chi connectivity index (χ3v) is 4.18. The standard InChI is InChI=1S/C19H15BrO4/c1-2-17(21)12-3-6-15(7-4-12)23-11-13-9-19(22)24-18-10-14(20)5-8-16(13)18/h3-10H,2,11H2,1H3. The van der Waals surface area contributed by atoms with Gasteiger partial charge < -0.3 is 9.15 Å². The molecule has 0 aliphatic rings. The van der Waals surface area contributed by atoms with Gasteiger partial charge in [0.25, 0.3) is 0 Å². The average Bonchev–Trinajstić information content (AvgIpc) is 2.59. The first-order chi connectivity index (χ1) is 11.6. The Morgan fingerprint density at radius 1 is 1.12 bits per heavy atom. The van der Waals surface area contributed by atoms with E-state index in [0.717, 1.165) is 15.4 Å². The van der Waals surface area contributed by atoms with Gasteiger partial charge >= 0.3 is 5.63 Å². The van der Waals surface area contributed by atoms with Crippen molar-refractivity contribution in [2.24, 2.45) is 0 Å². The maximum Gasteiger partial charge on any atom is 0.336 e. The van der Waals surface area contributed by atoms with E-state index in [1.807, 2.05) is 19.1 Å². The number of Topliss-reactive ketones (excluding diaryl/α,β-unsaturated/α-hetero) is 1. The average molecular weight is 387 g/mol. The second-order valence-electron chi connectivity index (χ2n) is 5.32. The Morgan fingerprint density at radius 2 is 1.88 bits per heavy atom. The van der Waals surface area contributed by atoms with Crippen molar-refractivity contribution in [3.05, 3.63) is 74.6 Å². The molecule has 0 atom stereocenters. The van der Waals surface area contributed by atoms with Crippen LogP contribution in [-0.4, -0.2) is 5.78 Å². The number of ketones is 1. The second kappa shape index (κ2) is 7.01. The molecule has 0 amide bonds. The van der Waals surface area contributed by atoms with Gasteiger partial charge in [-0.15, -0.1) is 0 Å². The van der Waals surface area contributed by atoms with Crippen molar-refractivity contribution < 1.29 is 13.9 Å². The van der Waals surface area contributed by atoms with Crippen LogP contribution in [0.1, 0.15) is 29.3 Å². The van der Waals surface area contributed by atoms with Gasteiger partial charge in [0.05, 0.1) is 0 Å². The highest BCUT2D eigenvalue weighted by atomic mass is 79.9. The van der Waals surface area contributed by atoms with Gasteiger partial charge in [-0.2, -0.15) is 0 Å². The lowest BCUT2D eigenvalue weighted by Gasteiger charge is -2.09. The van der Waals surface area contributed by atoms with Crippen LogP contribution < -0.4 is 10.4 Å². The highest BCUT2D eigenvalue weighted by Crippen LogP contribution is 2.23. The van der Waals surface area contributed by atoms with E-state index in [2.05, 4.69) is 15.9 Å². The van der Waals surface area contributed by atoms with E-state index in [-0.39, 0.29) is 12.4 Å². The zero-order valence-corrected chi connectivity index (χ0v) is 14.6. The maximum absolute atomic E-state index is 11.7. The first-order valence-corrected chi connectivity index (χ1v) is 8.34. The highest BCUT2D eigenvalue weighted by molar-refractivity contribution is 9.10.